The molecule has 4 nitrogen and oxygen atoms in total. The van der Waals surface area contributed by atoms with Crippen LogP contribution in [0.4, 0.5) is 0 Å². The van der Waals surface area contributed by atoms with Crippen molar-refractivity contribution in [2.75, 3.05) is 6.61 Å². The van der Waals surface area contributed by atoms with Crippen molar-refractivity contribution in [1.82, 2.24) is 0 Å². The lowest BCUT2D eigenvalue weighted by atomic mass is 10.0. The number of hydrogen-bond acceptors (Lipinski definition) is 4. The van der Waals surface area contributed by atoms with E-state index >= 15 is 0 Å². The Balaban J connectivity index is 3.75. The summed E-state index contributed by atoms with van der Waals surface area (Å²) in [6.45, 7) is 1.03. The summed E-state index contributed by atoms with van der Waals surface area (Å²) in [7, 11) is 0. The topological polar surface area (TPSA) is 80.6 Å². The highest BCUT2D eigenvalue weighted by atomic mass is 16.4. The Morgan fingerprint density at radius 1 is 1.70 bits per heavy atom. The zero-order chi connectivity index (χ0) is 8.20. The average Bonchev–Trinajstić information content (AvgIpc) is 1.84. The first-order chi connectivity index (χ1) is 4.50. The molecule has 0 fully saturated rings. The van der Waals surface area contributed by atoms with Crippen molar-refractivity contribution in [3.8, 4) is 0 Å². The van der Waals surface area contributed by atoms with E-state index in [1.165, 1.54) is 0 Å². The van der Waals surface area contributed by atoms with E-state index in [1.54, 1.807) is 0 Å². The molecule has 1 atom stereocenters. The Kier molecular flexibility index (Phi) is 3.32. The van der Waals surface area contributed by atoms with Crippen molar-refractivity contribution < 1.29 is 20.1 Å². The van der Waals surface area contributed by atoms with Crippen LogP contribution < -0.4 is 5.11 Å². The fraction of sp³-hybridized carbons (Fsp3) is 0.833. The molecular weight excluding hydrogens is 136 g/mol. The molecule has 0 aliphatic rings. The normalized spacial score (nSPS) is 16.3. The number of aliphatic hydroxyl groups excluding tert-OH is 1. The summed E-state index contributed by atoms with van der Waals surface area (Å²) in [5, 5.41) is 27.3. The number of aliphatic carboxylic acids is 1. The largest absolute Gasteiger partial charge is 0.547 e. The molecule has 60 valence electrons. The van der Waals surface area contributed by atoms with Crippen LogP contribution in [-0.2, 0) is 4.79 Å². The van der Waals surface area contributed by atoms with Crippen molar-refractivity contribution in [2.24, 2.45) is 0 Å². The van der Waals surface area contributed by atoms with Crippen LogP contribution in [0.2, 0.25) is 0 Å². The molecule has 4 heteroatoms. The van der Waals surface area contributed by atoms with Crippen molar-refractivity contribution in [3.63, 3.8) is 0 Å². The summed E-state index contributed by atoms with van der Waals surface area (Å²) < 4.78 is 0. The number of rotatable bonds is 4. The van der Waals surface area contributed by atoms with Gasteiger partial charge >= 0.3 is 0 Å². The van der Waals surface area contributed by atoms with Crippen LogP contribution in [0, 0.1) is 0 Å². The van der Waals surface area contributed by atoms with Gasteiger partial charge in [0.25, 0.3) is 0 Å². The van der Waals surface area contributed by atoms with Crippen LogP contribution >= 0.6 is 0 Å². The quantitative estimate of drug-likeness (QED) is 0.494. The Labute approximate surface area is 59.1 Å². The molecule has 0 saturated heterocycles. The van der Waals surface area contributed by atoms with Gasteiger partial charge in [0.2, 0.25) is 0 Å². The molecule has 0 aromatic rings. The van der Waals surface area contributed by atoms with E-state index in [-0.39, 0.29) is 19.4 Å². The third-order valence-corrected chi connectivity index (χ3v) is 1.26. The predicted molar refractivity (Wildman–Crippen MR) is 32.0 cm³/mol. The minimum Gasteiger partial charge on any atom is -0.547 e. The molecule has 0 spiro atoms. The molecule has 0 amide bonds. The third-order valence-electron chi connectivity index (χ3n) is 1.26. The van der Waals surface area contributed by atoms with Gasteiger partial charge < -0.3 is 20.1 Å². The molecule has 0 radical (unpaired) electrons. The fourth-order valence-electron chi connectivity index (χ4n) is 0.525. The van der Waals surface area contributed by atoms with Gasteiger partial charge in [-0.25, -0.2) is 0 Å². The summed E-state index contributed by atoms with van der Waals surface area (Å²) in [6.07, 6.45) is 0.285. The van der Waals surface area contributed by atoms with Crippen LogP contribution in [0.5, 0.6) is 0 Å². The molecule has 0 saturated carbocycles. The van der Waals surface area contributed by atoms with E-state index in [0.29, 0.717) is 0 Å². The molecule has 0 rings (SSSR count). The molecular formula is C6H11O4-. The maximum atomic E-state index is 10.1. The Morgan fingerprint density at radius 2 is 2.20 bits per heavy atom. The first-order valence-corrected chi connectivity index (χ1v) is 3.05. The second-order valence-electron chi connectivity index (χ2n) is 2.39. The number of hydrogen-bond donors (Lipinski definition) is 2. The summed E-state index contributed by atoms with van der Waals surface area (Å²) >= 11 is 0. The number of carbonyl (C=O) groups excluding carboxylic acids is 1. The molecule has 1 unspecified atom stereocenters. The lowest BCUT2D eigenvalue weighted by molar-refractivity contribution is -0.324. The van der Waals surface area contributed by atoms with Gasteiger partial charge in [0.1, 0.15) is 5.60 Å². The van der Waals surface area contributed by atoms with Gasteiger partial charge in [0, 0.05) is 6.61 Å². The van der Waals surface area contributed by atoms with Gasteiger partial charge in [0.05, 0.1) is 5.97 Å². The second-order valence-corrected chi connectivity index (χ2v) is 2.39. The predicted octanol–water partition coefficient (Wildman–Crippen LogP) is -1.74. The van der Waals surface area contributed by atoms with E-state index in [1.807, 2.05) is 0 Å². The van der Waals surface area contributed by atoms with Gasteiger partial charge in [-0.15, -0.1) is 0 Å². The maximum absolute atomic E-state index is 10.1. The zero-order valence-electron chi connectivity index (χ0n) is 5.83. The molecule has 0 heterocycles. The van der Waals surface area contributed by atoms with Crippen molar-refractivity contribution in [2.45, 2.75) is 25.4 Å². The lowest BCUT2D eigenvalue weighted by Gasteiger charge is -2.23. The molecule has 2 N–H and O–H groups in total. The van der Waals surface area contributed by atoms with Crippen LogP contribution in [0.15, 0.2) is 0 Å². The first-order valence-electron chi connectivity index (χ1n) is 3.05. The van der Waals surface area contributed by atoms with Crippen LogP contribution in [0.25, 0.3) is 0 Å². The van der Waals surface area contributed by atoms with E-state index in [9.17, 15) is 9.90 Å². The smallest absolute Gasteiger partial charge is 0.101 e. The Hall–Kier alpha value is -0.610. The van der Waals surface area contributed by atoms with Gasteiger partial charge in [-0.1, -0.05) is 0 Å². The van der Waals surface area contributed by atoms with Crippen LogP contribution in [-0.4, -0.2) is 28.4 Å². The summed E-state index contributed by atoms with van der Waals surface area (Å²) in [5.41, 5.74) is -1.80. The Morgan fingerprint density at radius 3 is 2.50 bits per heavy atom. The number of carbonyl (C=O) groups is 1. The molecule has 10 heavy (non-hydrogen) atoms. The van der Waals surface area contributed by atoms with E-state index in [4.69, 9.17) is 10.2 Å². The number of carboxylic acid groups (broad SMARTS) is 1. The zero-order valence-corrected chi connectivity index (χ0v) is 5.83. The summed E-state index contributed by atoms with van der Waals surface area (Å²) in [4.78, 5) is 10.1. The van der Waals surface area contributed by atoms with Crippen LogP contribution in [0.1, 0.15) is 19.8 Å². The molecule has 0 aliphatic carbocycles. The van der Waals surface area contributed by atoms with Gasteiger partial charge in [0.15, 0.2) is 0 Å². The third kappa shape index (κ3) is 2.80. The molecule has 0 aromatic carbocycles. The standard InChI is InChI=1S/C6H12O4/c1-6(10,5(8)9)3-2-4-7/h7,10H,2-4H2,1H3,(H,8,9)/p-1. The molecule has 0 bridgehead atoms. The minimum atomic E-state index is -1.80. The van der Waals surface area contributed by atoms with Crippen molar-refractivity contribution >= 4 is 5.97 Å². The number of aliphatic hydroxyl groups is 2. The van der Waals surface area contributed by atoms with E-state index < -0.39 is 11.6 Å². The highest BCUT2D eigenvalue weighted by Gasteiger charge is 2.20. The SMILES string of the molecule is CC(O)(CCCO)C(=O)[O-]. The maximum Gasteiger partial charge on any atom is 0.101 e. The number of carboxylic acids is 1. The summed E-state index contributed by atoms with van der Waals surface area (Å²) in [5.74, 6) is -1.50. The average molecular weight is 147 g/mol. The van der Waals surface area contributed by atoms with Crippen molar-refractivity contribution in [3.05, 3.63) is 0 Å². The van der Waals surface area contributed by atoms with E-state index in [0.717, 1.165) is 6.92 Å². The monoisotopic (exact) mass is 147 g/mol. The lowest BCUT2D eigenvalue weighted by Crippen LogP contribution is -2.45. The molecule has 0 aliphatic heterocycles. The fourth-order valence-corrected chi connectivity index (χ4v) is 0.525. The highest BCUT2D eigenvalue weighted by molar-refractivity contribution is 5.74. The summed E-state index contributed by atoms with van der Waals surface area (Å²) in [6, 6.07) is 0. The van der Waals surface area contributed by atoms with Crippen molar-refractivity contribution in [1.29, 1.82) is 0 Å². The first kappa shape index (κ1) is 9.39. The van der Waals surface area contributed by atoms with Gasteiger partial charge in [-0.2, -0.15) is 0 Å². The minimum absolute atomic E-state index is 0.0197. The second kappa shape index (κ2) is 3.53. The highest BCUT2D eigenvalue weighted by Crippen LogP contribution is 2.09. The van der Waals surface area contributed by atoms with Gasteiger partial charge in [-0.3, -0.25) is 0 Å². The molecule has 0 aromatic heterocycles. The van der Waals surface area contributed by atoms with Crippen LogP contribution in [0.3, 0.4) is 0 Å². The Bertz CT molecular complexity index is 119. The van der Waals surface area contributed by atoms with Gasteiger partial charge in [-0.05, 0) is 19.8 Å². The van der Waals surface area contributed by atoms with E-state index in [2.05, 4.69) is 0 Å².